The zero-order chi connectivity index (χ0) is 21.3. The first-order valence-corrected chi connectivity index (χ1v) is 9.28. The summed E-state index contributed by atoms with van der Waals surface area (Å²) >= 11 is 0. The molecule has 1 aromatic heterocycles. The number of aliphatic carboxylic acids is 1. The molecule has 0 radical (unpaired) electrons. The Balaban J connectivity index is 1.69. The molecule has 1 atom stereocenters. The van der Waals surface area contributed by atoms with Crippen molar-refractivity contribution in [2.75, 3.05) is 17.7 Å². The first-order chi connectivity index (χ1) is 14.5. The van der Waals surface area contributed by atoms with Gasteiger partial charge in [-0.15, -0.1) is 0 Å². The number of nitrogens with zero attached hydrogens (tertiary/aromatic N) is 2. The summed E-state index contributed by atoms with van der Waals surface area (Å²) in [6.45, 7) is 1.96. The Labute approximate surface area is 172 Å². The Hall–Kier alpha value is -4.07. The van der Waals surface area contributed by atoms with Crippen LogP contribution in [0.1, 0.15) is 27.5 Å². The van der Waals surface area contributed by atoms with E-state index < -0.39 is 12.0 Å². The van der Waals surface area contributed by atoms with Gasteiger partial charge in [0.25, 0.3) is 5.91 Å². The van der Waals surface area contributed by atoms with Crippen LogP contribution in [0.25, 0.3) is 0 Å². The van der Waals surface area contributed by atoms with Crippen molar-refractivity contribution in [2.24, 2.45) is 0 Å². The van der Waals surface area contributed by atoms with Gasteiger partial charge in [0, 0.05) is 5.69 Å². The van der Waals surface area contributed by atoms with Crippen LogP contribution < -0.4 is 15.4 Å². The van der Waals surface area contributed by atoms with Gasteiger partial charge in [0.1, 0.15) is 22.8 Å². The van der Waals surface area contributed by atoms with Crippen LogP contribution >= 0.6 is 0 Å². The molecule has 0 aliphatic carbocycles. The normalized spacial score (nSPS) is 14.9. The minimum Gasteiger partial charge on any atom is -0.497 e. The lowest BCUT2D eigenvalue weighted by molar-refractivity contribution is -0.132. The van der Waals surface area contributed by atoms with Crippen molar-refractivity contribution in [3.8, 4) is 5.75 Å². The Kier molecular flexibility index (Phi) is 4.97. The molecular formula is C22H20N4O4. The fourth-order valence-corrected chi connectivity index (χ4v) is 3.26. The monoisotopic (exact) mass is 404 g/mol. The van der Waals surface area contributed by atoms with Gasteiger partial charge in [0.15, 0.2) is 0 Å². The summed E-state index contributed by atoms with van der Waals surface area (Å²) in [4.78, 5) is 24.5. The summed E-state index contributed by atoms with van der Waals surface area (Å²) in [5.74, 6) is -0.493. The molecule has 1 unspecified atom stereocenters. The van der Waals surface area contributed by atoms with E-state index in [1.807, 2.05) is 31.2 Å². The molecular weight excluding hydrogens is 384 g/mol. The zero-order valence-corrected chi connectivity index (χ0v) is 16.4. The highest BCUT2D eigenvalue weighted by molar-refractivity contribution is 6.08. The van der Waals surface area contributed by atoms with E-state index in [2.05, 4.69) is 15.7 Å². The summed E-state index contributed by atoms with van der Waals surface area (Å²) in [6, 6.07) is 14.2. The number of carbonyl (C=O) groups is 2. The van der Waals surface area contributed by atoms with E-state index in [1.165, 1.54) is 6.20 Å². The molecule has 0 bridgehead atoms. The average Bonchev–Trinajstić information content (AvgIpc) is 3.19. The molecule has 3 N–H and O–H groups in total. The predicted octanol–water partition coefficient (Wildman–Crippen LogP) is 3.44. The van der Waals surface area contributed by atoms with Crippen molar-refractivity contribution >= 4 is 23.4 Å². The van der Waals surface area contributed by atoms with Crippen molar-refractivity contribution < 1.29 is 19.4 Å². The van der Waals surface area contributed by atoms with Gasteiger partial charge in [0.05, 0.1) is 19.3 Å². The van der Waals surface area contributed by atoms with E-state index >= 15 is 0 Å². The van der Waals surface area contributed by atoms with Crippen LogP contribution in [-0.2, 0) is 4.79 Å². The Bertz CT molecular complexity index is 1130. The second-order valence-corrected chi connectivity index (χ2v) is 6.90. The lowest BCUT2D eigenvalue weighted by Crippen LogP contribution is -2.25. The van der Waals surface area contributed by atoms with Crippen molar-refractivity contribution in [1.29, 1.82) is 0 Å². The van der Waals surface area contributed by atoms with Crippen molar-refractivity contribution in [1.82, 2.24) is 9.78 Å². The number of hydrogen-bond donors (Lipinski definition) is 3. The predicted molar refractivity (Wildman–Crippen MR) is 112 cm³/mol. The van der Waals surface area contributed by atoms with Crippen LogP contribution in [0.4, 0.5) is 11.5 Å². The number of allylic oxidation sites excluding steroid dienone is 1. The van der Waals surface area contributed by atoms with E-state index in [0.717, 1.165) is 11.1 Å². The first-order valence-electron chi connectivity index (χ1n) is 9.28. The van der Waals surface area contributed by atoms with E-state index in [1.54, 1.807) is 42.1 Å². The molecule has 2 aromatic carbocycles. The molecule has 1 aliphatic heterocycles. The Morgan fingerprint density at radius 3 is 2.47 bits per heavy atom. The number of aryl methyl sites for hydroxylation is 1. The maximum Gasteiger partial charge on any atom is 0.352 e. The van der Waals surface area contributed by atoms with Gasteiger partial charge in [0.2, 0.25) is 0 Å². The fraction of sp³-hybridized carbons (Fsp3) is 0.136. The van der Waals surface area contributed by atoms with Gasteiger partial charge in [-0.05, 0) is 42.8 Å². The number of carboxylic acid groups (broad SMARTS) is 1. The minimum atomic E-state index is -1.12. The number of nitrogens with one attached hydrogen (secondary N) is 2. The molecule has 0 saturated carbocycles. The number of fused-ring (bicyclic) bond motifs is 1. The highest BCUT2D eigenvalue weighted by atomic mass is 16.5. The van der Waals surface area contributed by atoms with Crippen molar-refractivity contribution in [3.63, 3.8) is 0 Å². The highest BCUT2D eigenvalue weighted by Crippen LogP contribution is 2.33. The minimum absolute atomic E-state index is 0.0202. The fourth-order valence-electron chi connectivity index (χ4n) is 3.26. The quantitative estimate of drug-likeness (QED) is 0.602. The molecule has 0 spiro atoms. The molecule has 2 heterocycles. The highest BCUT2D eigenvalue weighted by Gasteiger charge is 2.29. The molecule has 0 fully saturated rings. The molecule has 4 rings (SSSR count). The molecule has 8 nitrogen and oxygen atoms in total. The van der Waals surface area contributed by atoms with Crippen LogP contribution in [0.3, 0.4) is 0 Å². The molecule has 1 aliphatic rings. The average molecular weight is 404 g/mol. The van der Waals surface area contributed by atoms with Crippen LogP contribution in [0.5, 0.6) is 5.75 Å². The van der Waals surface area contributed by atoms with Crippen LogP contribution in [0.15, 0.2) is 66.5 Å². The van der Waals surface area contributed by atoms with Gasteiger partial charge >= 0.3 is 5.97 Å². The standard InChI is InChI=1S/C22H20N4O4/c1-13-3-7-15(8-4-13)24-21(27)17-12-23-26-19(11-18(22(28)29)25-20(17)26)14-5-9-16(30-2)10-6-14/h3-12,19,25H,1-2H3,(H,24,27)(H,28,29). The van der Waals surface area contributed by atoms with Gasteiger partial charge in [-0.3, -0.25) is 4.79 Å². The topological polar surface area (TPSA) is 105 Å². The first kappa shape index (κ1) is 19.3. The molecule has 152 valence electrons. The maximum absolute atomic E-state index is 12.8. The molecule has 3 aromatic rings. The summed E-state index contributed by atoms with van der Waals surface area (Å²) in [7, 11) is 1.58. The summed E-state index contributed by atoms with van der Waals surface area (Å²) in [5.41, 5.74) is 2.76. The van der Waals surface area contributed by atoms with Gasteiger partial charge in [-0.1, -0.05) is 29.8 Å². The van der Waals surface area contributed by atoms with Crippen molar-refractivity contribution in [3.05, 3.63) is 83.2 Å². The lowest BCUT2D eigenvalue weighted by Gasteiger charge is -2.24. The maximum atomic E-state index is 12.8. The third-order valence-electron chi connectivity index (χ3n) is 4.88. The van der Waals surface area contributed by atoms with E-state index in [9.17, 15) is 14.7 Å². The van der Waals surface area contributed by atoms with E-state index in [4.69, 9.17) is 4.74 Å². The third kappa shape index (κ3) is 3.62. The number of aromatic nitrogens is 2. The number of anilines is 2. The lowest BCUT2D eigenvalue weighted by atomic mass is 10.0. The van der Waals surface area contributed by atoms with E-state index in [-0.39, 0.29) is 17.2 Å². The smallest absolute Gasteiger partial charge is 0.352 e. The molecule has 1 amide bonds. The Morgan fingerprint density at radius 2 is 1.83 bits per heavy atom. The number of hydrogen-bond acceptors (Lipinski definition) is 5. The molecule has 8 heteroatoms. The number of benzene rings is 2. The van der Waals surface area contributed by atoms with Crippen molar-refractivity contribution in [2.45, 2.75) is 13.0 Å². The SMILES string of the molecule is COc1ccc(C2C=C(C(=O)O)Nc3c(C(=O)Nc4ccc(C)cc4)cnn32)cc1. The second-order valence-electron chi connectivity index (χ2n) is 6.90. The zero-order valence-electron chi connectivity index (χ0n) is 16.4. The molecule has 0 saturated heterocycles. The largest absolute Gasteiger partial charge is 0.497 e. The second kappa shape index (κ2) is 7.75. The van der Waals surface area contributed by atoms with Gasteiger partial charge in [-0.2, -0.15) is 5.10 Å². The summed E-state index contributed by atoms with van der Waals surface area (Å²) in [5, 5.41) is 19.5. The van der Waals surface area contributed by atoms with Crippen LogP contribution in [-0.4, -0.2) is 33.9 Å². The summed E-state index contributed by atoms with van der Waals surface area (Å²) < 4.78 is 6.78. The number of carboxylic acids is 1. The van der Waals surface area contributed by atoms with E-state index in [0.29, 0.717) is 17.3 Å². The summed E-state index contributed by atoms with van der Waals surface area (Å²) in [6.07, 6.45) is 2.99. The number of methoxy groups -OCH3 is 1. The number of amides is 1. The van der Waals surface area contributed by atoms with Gasteiger partial charge < -0.3 is 20.5 Å². The number of ether oxygens (including phenoxy) is 1. The van der Waals surface area contributed by atoms with Crippen LogP contribution in [0, 0.1) is 6.92 Å². The molecule has 30 heavy (non-hydrogen) atoms. The van der Waals surface area contributed by atoms with Crippen LogP contribution in [0.2, 0.25) is 0 Å². The number of rotatable bonds is 5. The third-order valence-corrected chi connectivity index (χ3v) is 4.88. The Morgan fingerprint density at radius 1 is 1.13 bits per heavy atom. The number of carbonyl (C=O) groups excluding carboxylic acids is 1. The van der Waals surface area contributed by atoms with Gasteiger partial charge in [-0.25, -0.2) is 9.48 Å².